The first-order valence-corrected chi connectivity index (χ1v) is 11.8. The maximum atomic E-state index is 2.35. The highest BCUT2D eigenvalue weighted by atomic mass is 32.1. The minimum atomic E-state index is 1.23. The van der Waals surface area contributed by atoms with Gasteiger partial charge in [0.1, 0.15) is 7.05 Å². The summed E-state index contributed by atoms with van der Waals surface area (Å²) in [5.41, 5.74) is 11.3. The van der Waals surface area contributed by atoms with Crippen LogP contribution in [0.15, 0.2) is 103 Å². The summed E-state index contributed by atoms with van der Waals surface area (Å²) in [5.74, 6) is 0. The van der Waals surface area contributed by atoms with Gasteiger partial charge in [0.15, 0.2) is 6.20 Å². The quantitative estimate of drug-likeness (QED) is 0.255. The van der Waals surface area contributed by atoms with Crippen molar-refractivity contribution in [1.29, 1.82) is 0 Å². The van der Waals surface area contributed by atoms with Crippen molar-refractivity contribution < 1.29 is 4.57 Å². The third-order valence-electron chi connectivity index (χ3n) is 5.97. The lowest BCUT2D eigenvalue weighted by atomic mass is 9.87. The Morgan fingerprint density at radius 2 is 1.12 bits per heavy atom. The molecule has 0 unspecified atom stereocenters. The number of benzene rings is 4. The van der Waals surface area contributed by atoms with E-state index in [9.17, 15) is 0 Å². The van der Waals surface area contributed by atoms with E-state index in [0.717, 1.165) is 0 Å². The highest BCUT2D eigenvalue weighted by molar-refractivity contribution is 7.12. The van der Waals surface area contributed by atoms with Crippen molar-refractivity contribution >= 4 is 11.3 Å². The first-order valence-electron chi connectivity index (χ1n) is 10.9. The van der Waals surface area contributed by atoms with E-state index in [1.807, 2.05) is 0 Å². The molecule has 1 nitrogen and oxygen atoms in total. The van der Waals surface area contributed by atoms with Gasteiger partial charge < -0.3 is 0 Å². The van der Waals surface area contributed by atoms with Gasteiger partial charge in [-0.3, -0.25) is 0 Å². The SMILES string of the molecule is Cc1ccc(-c2cc(-c3ccccc3)cc(-c3ccc(C)cc3)c2-c2scc[n+]2C)cc1. The molecule has 1 heterocycles. The van der Waals surface area contributed by atoms with Crippen molar-refractivity contribution in [1.82, 2.24) is 0 Å². The van der Waals surface area contributed by atoms with Crippen molar-refractivity contribution in [2.24, 2.45) is 7.05 Å². The molecular formula is C30H26NS+. The summed E-state index contributed by atoms with van der Waals surface area (Å²) < 4.78 is 2.23. The standard InChI is InChI=1S/C30H26NS/c1-21-9-13-24(14-10-21)27-19-26(23-7-5-4-6-8-23)20-28(25-15-11-22(2)12-16-25)29(27)30-31(3)17-18-32-30/h4-20H,1-3H3/q+1. The highest BCUT2D eigenvalue weighted by Gasteiger charge is 2.23. The molecule has 0 N–H and O–H groups in total. The van der Waals surface area contributed by atoms with Gasteiger partial charge in [-0.05, 0) is 59.4 Å². The fourth-order valence-electron chi connectivity index (χ4n) is 4.16. The van der Waals surface area contributed by atoms with Crippen LogP contribution in [0.3, 0.4) is 0 Å². The van der Waals surface area contributed by atoms with E-state index in [4.69, 9.17) is 0 Å². The maximum Gasteiger partial charge on any atom is 0.270 e. The van der Waals surface area contributed by atoms with Crippen LogP contribution in [0.2, 0.25) is 0 Å². The van der Waals surface area contributed by atoms with Crippen LogP contribution in [0.25, 0.3) is 44.0 Å². The molecule has 0 radical (unpaired) electrons. The molecule has 0 aliphatic rings. The van der Waals surface area contributed by atoms with Gasteiger partial charge >= 0.3 is 0 Å². The van der Waals surface area contributed by atoms with Crippen molar-refractivity contribution in [2.75, 3.05) is 0 Å². The van der Waals surface area contributed by atoms with Crippen molar-refractivity contribution in [3.8, 4) is 44.0 Å². The summed E-state index contributed by atoms with van der Waals surface area (Å²) in [6.07, 6.45) is 2.14. The number of nitrogens with zero attached hydrogens (tertiary/aromatic N) is 1. The van der Waals surface area contributed by atoms with E-state index in [0.29, 0.717) is 0 Å². The smallest absolute Gasteiger partial charge is 0.191 e. The van der Waals surface area contributed by atoms with E-state index in [1.165, 1.54) is 55.1 Å². The Morgan fingerprint density at radius 1 is 0.594 bits per heavy atom. The van der Waals surface area contributed by atoms with E-state index in [2.05, 4.69) is 128 Å². The van der Waals surface area contributed by atoms with Crippen LogP contribution in [-0.4, -0.2) is 0 Å². The van der Waals surface area contributed by atoms with Crippen LogP contribution in [0.5, 0.6) is 0 Å². The van der Waals surface area contributed by atoms with Gasteiger partial charge in [0.2, 0.25) is 0 Å². The van der Waals surface area contributed by atoms with Crippen molar-refractivity contribution in [3.63, 3.8) is 0 Å². The van der Waals surface area contributed by atoms with Gasteiger partial charge in [-0.25, -0.2) is 0 Å². The molecule has 0 aliphatic carbocycles. The second-order valence-corrected chi connectivity index (χ2v) is 9.26. The van der Waals surface area contributed by atoms with Crippen LogP contribution in [0, 0.1) is 13.8 Å². The number of hydrogen-bond donors (Lipinski definition) is 0. The van der Waals surface area contributed by atoms with Gasteiger partial charge in [0, 0.05) is 0 Å². The lowest BCUT2D eigenvalue weighted by Crippen LogP contribution is -2.27. The Balaban J connectivity index is 1.88. The molecule has 0 atom stereocenters. The molecule has 1 aromatic heterocycles. The predicted molar refractivity (Wildman–Crippen MR) is 137 cm³/mol. The Morgan fingerprint density at radius 3 is 1.59 bits per heavy atom. The number of rotatable bonds is 4. The molecule has 5 aromatic rings. The summed E-state index contributed by atoms with van der Waals surface area (Å²) in [5, 5.41) is 3.42. The van der Waals surface area contributed by atoms with Gasteiger partial charge in [-0.2, -0.15) is 4.57 Å². The molecule has 0 aliphatic heterocycles. The molecule has 0 fully saturated rings. The molecule has 32 heavy (non-hydrogen) atoms. The second-order valence-electron chi connectivity index (χ2n) is 8.36. The Bertz CT molecular complexity index is 1290. The summed E-state index contributed by atoms with van der Waals surface area (Å²) in [7, 11) is 2.13. The predicted octanol–water partition coefficient (Wildman–Crippen LogP) is 7.86. The molecule has 0 saturated heterocycles. The summed E-state index contributed by atoms with van der Waals surface area (Å²) in [6, 6.07) is 33.2. The Kier molecular flexibility index (Phi) is 5.46. The third kappa shape index (κ3) is 3.90. The zero-order chi connectivity index (χ0) is 22.1. The van der Waals surface area contributed by atoms with Gasteiger partial charge in [-0.15, -0.1) is 0 Å². The van der Waals surface area contributed by atoms with Crippen LogP contribution in [0.1, 0.15) is 11.1 Å². The number of thiazole rings is 1. The van der Waals surface area contributed by atoms with Crippen molar-refractivity contribution in [3.05, 3.63) is 114 Å². The summed E-state index contributed by atoms with van der Waals surface area (Å²) >= 11 is 1.79. The molecule has 5 rings (SSSR count). The topological polar surface area (TPSA) is 3.88 Å². The monoisotopic (exact) mass is 432 g/mol. The minimum absolute atomic E-state index is 1.23. The second kappa shape index (κ2) is 8.57. The molecule has 0 spiro atoms. The molecule has 156 valence electrons. The minimum Gasteiger partial charge on any atom is -0.191 e. The van der Waals surface area contributed by atoms with Gasteiger partial charge in [0.05, 0.1) is 10.9 Å². The molecule has 0 saturated carbocycles. The van der Waals surface area contributed by atoms with Crippen molar-refractivity contribution in [2.45, 2.75) is 13.8 Å². The van der Waals surface area contributed by atoms with E-state index in [-0.39, 0.29) is 0 Å². The third-order valence-corrected chi connectivity index (χ3v) is 6.94. The molecule has 2 heteroatoms. The van der Waals surface area contributed by atoms with Gasteiger partial charge in [0.25, 0.3) is 5.01 Å². The molecular weight excluding hydrogens is 406 g/mol. The molecule has 4 aromatic carbocycles. The van der Waals surface area contributed by atoms with Gasteiger partial charge in [-0.1, -0.05) is 101 Å². The zero-order valence-electron chi connectivity index (χ0n) is 18.7. The normalized spacial score (nSPS) is 11.0. The number of hydrogen-bond acceptors (Lipinski definition) is 1. The van der Waals surface area contributed by atoms with E-state index < -0.39 is 0 Å². The maximum absolute atomic E-state index is 2.35. The fourth-order valence-corrected chi connectivity index (χ4v) is 5.10. The van der Waals surface area contributed by atoms with Crippen LogP contribution >= 0.6 is 11.3 Å². The summed E-state index contributed by atoms with van der Waals surface area (Å²) in [4.78, 5) is 0. The number of aromatic nitrogens is 1. The zero-order valence-corrected chi connectivity index (χ0v) is 19.5. The van der Waals surface area contributed by atoms with Crippen LogP contribution in [0.4, 0.5) is 0 Å². The average molecular weight is 433 g/mol. The molecule has 0 amide bonds. The van der Waals surface area contributed by atoms with E-state index >= 15 is 0 Å². The van der Waals surface area contributed by atoms with Crippen LogP contribution < -0.4 is 4.57 Å². The highest BCUT2D eigenvalue weighted by Crippen LogP contribution is 2.43. The van der Waals surface area contributed by atoms with Crippen LogP contribution in [-0.2, 0) is 7.05 Å². The molecule has 0 bridgehead atoms. The number of aryl methyl sites for hydroxylation is 3. The largest absolute Gasteiger partial charge is 0.270 e. The first kappa shape index (κ1) is 20.4. The Hall–Kier alpha value is -3.49. The first-order chi connectivity index (χ1) is 15.6. The summed E-state index contributed by atoms with van der Waals surface area (Å²) in [6.45, 7) is 4.28. The van der Waals surface area contributed by atoms with E-state index in [1.54, 1.807) is 11.3 Å². The lowest BCUT2D eigenvalue weighted by molar-refractivity contribution is -0.655. The lowest BCUT2D eigenvalue weighted by Gasteiger charge is -2.16. The fraction of sp³-hybridized carbons (Fsp3) is 0.100. The Labute approximate surface area is 194 Å². The average Bonchev–Trinajstić information content (AvgIpc) is 3.25.